The quantitative estimate of drug-likeness (QED) is 0.808. The zero-order chi connectivity index (χ0) is 13.7. The van der Waals surface area contributed by atoms with Crippen molar-refractivity contribution in [3.63, 3.8) is 0 Å². The normalized spacial score (nSPS) is 10.0. The number of aliphatic hydroxyl groups is 1. The molecule has 0 radical (unpaired) electrons. The summed E-state index contributed by atoms with van der Waals surface area (Å²) in [5.74, 6) is 5.82. The highest BCUT2D eigenvalue weighted by atomic mass is 16.2. The van der Waals surface area contributed by atoms with E-state index in [4.69, 9.17) is 5.11 Å². The molecule has 98 valence electrons. The third kappa shape index (κ3) is 3.33. The van der Waals surface area contributed by atoms with Crippen molar-refractivity contribution < 1.29 is 5.11 Å². The molecule has 0 aliphatic carbocycles. The molecule has 5 nitrogen and oxygen atoms in total. The molecule has 0 bridgehead atoms. The smallest absolute Gasteiger partial charge is 0.345 e. The van der Waals surface area contributed by atoms with Gasteiger partial charge in [-0.05, 0) is 17.7 Å². The minimum Gasteiger partial charge on any atom is -0.395 e. The zero-order valence-corrected chi connectivity index (χ0v) is 10.7. The van der Waals surface area contributed by atoms with Crippen LogP contribution < -0.4 is 5.69 Å². The van der Waals surface area contributed by atoms with E-state index in [-0.39, 0.29) is 12.3 Å². The zero-order valence-electron chi connectivity index (χ0n) is 10.7. The van der Waals surface area contributed by atoms with Crippen LogP contribution in [0.25, 0.3) is 0 Å². The van der Waals surface area contributed by atoms with E-state index in [1.807, 2.05) is 24.3 Å². The molecule has 1 N–H and O–H groups in total. The Labute approximate surface area is 111 Å². The van der Waals surface area contributed by atoms with Gasteiger partial charge in [0.15, 0.2) is 0 Å². The average molecular weight is 257 g/mol. The molecule has 19 heavy (non-hydrogen) atoms. The summed E-state index contributed by atoms with van der Waals surface area (Å²) < 4.78 is 2.85. The number of nitrogens with zero attached hydrogens (tertiary/aromatic N) is 3. The van der Waals surface area contributed by atoms with Crippen LogP contribution in [0.15, 0.2) is 35.4 Å². The predicted molar refractivity (Wildman–Crippen MR) is 71.6 cm³/mol. The number of aromatic nitrogens is 3. The summed E-state index contributed by atoms with van der Waals surface area (Å²) >= 11 is 0. The second kappa shape index (κ2) is 6.03. The van der Waals surface area contributed by atoms with E-state index >= 15 is 0 Å². The van der Waals surface area contributed by atoms with Crippen LogP contribution in [0, 0.1) is 11.8 Å². The lowest BCUT2D eigenvalue weighted by Gasteiger charge is -2.00. The van der Waals surface area contributed by atoms with Crippen LogP contribution in [-0.2, 0) is 13.6 Å². The Morgan fingerprint density at radius 3 is 2.63 bits per heavy atom. The van der Waals surface area contributed by atoms with Gasteiger partial charge >= 0.3 is 5.69 Å². The van der Waals surface area contributed by atoms with Crippen LogP contribution in [0.5, 0.6) is 0 Å². The van der Waals surface area contributed by atoms with E-state index < -0.39 is 0 Å². The Hall–Kier alpha value is -2.32. The molecule has 0 fully saturated rings. The third-order valence-electron chi connectivity index (χ3n) is 2.64. The van der Waals surface area contributed by atoms with Crippen LogP contribution in [0.3, 0.4) is 0 Å². The van der Waals surface area contributed by atoms with Gasteiger partial charge < -0.3 is 5.11 Å². The van der Waals surface area contributed by atoms with Crippen molar-refractivity contribution in [1.82, 2.24) is 14.3 Å². The molecule has 1 aromatic carbocycles. The highest BCUT2D eigenvalue weighted by Crippen LogP contribution is 2.04. The lowest BCUT2D eigenvalue weighted by Crippen LogP contribution is -2.23. The van der Waals surface area contributed by atoms with Crippen LogP contribution in [0.1, 0.15) is 17.5 Å². The van der Waals surface area contributed by atoms with E-state index in [0.29, 0.717) is 13.0 Å². The van der Waals surface area contributed by atoms with Gasteiger partial charge in [-0.15, -0.1) is 0 Å². The van der Waals surface area contributed by atoms with Crippen LogP contribution >= 0.6 is 0 Å². The van der Waals surface area contributed by atoms with E-state index in [2.05, 4.69) is 16.9 Å². The fourth-order valence-electron chi connectivity index (χ4n) is 1.62. The van der Waals surface area contributed by atoms with Gasteiger partial charge in [0.1, 0.15) is 6.33 Å². The van der Waals surface area contributed by atoms with E-state index in [1.165, 1.54) is 15.6 Å². The Morgan fingerprint density at radius 1 is 1.32 bits per heavy atom. The molecule has 0 aliphatic rings. The number of rotatable bonds is 3. The average Bonchev–Trinajstić information content (AvgIpc) is 2.73. The molecule has 0 aliphatic heterocycles. The Bertz CT molecular complexity index is 656. The van der Waals surface area contributed by atoms with Crippen molar-refractivity contribution in [2.75, 3.05) is 6.61 Å². The number of aryl methyl sites for hydroxylation is 1. The second-order valence-electron chi connectivity index (χ2n) is 4.15. The van der Waals surface area contributed by atoms with Gasteiger partial charge in [-0.2, -0.15) is 5.10 Å². The van der Waals surface area contributed by atoms with Gasteiger partial charge in [0.25, 0.3) is 0 Å². The fourth-order valence-corrected chi connectivity index (χ4v) is 1.62. The van der Waals surface area contributed by atoms with Gasteiger partial charge in [0, 0.05) is 19.0 Å². The molecule has 0 spiro atoms. The monoisotopic (exact) mass is 257 g/mol. The number of benzene rings is 1. The van der Waals surface area contributed by atoms with Crippen molar-refractivity contribution >= 4 is 0 Å². The fraction of sp³-hybridized carbons (Fsp3) is 0.286. The maximum atomic E-state index is 11.6. The lowest BCUT2D eigenvalue weighted by molar-refractivity contribution is 0.305. The second-order valence-corrected chi connectivity index (χ2v) is 4.15. The standard InChI is InChI=1S/C14H15N3O2/c1-16-11-15-17(14(16)19)10-13-7-5-12(6-8-13)4-2-3-9-18/h5-8,11,18H,3,9-10H2,1H3. The summed E-state index contributed by atoms with van der Waals surface area (Å²) in [6, 6.07) is 7.63. The van der Waals surface area contributed by atoms with Crippen LogP contribution in [0.2, 0.25) is 0 Å². The molecule has 1 aromatic heterocycles. The number of hydrogen-bond donors (Lipinski definition) is 1. The SMILES string of the molecule is Cn1cnn(Cc2ccc(C#CCCO)cc2)c1=O. The lowest BCUT2D eigenvalue weighted by atomic mass is 10.1. The first-order valence-electron chi connectivity index (χ1n) is 5.98. The molecular weight excluding hydrogens is 242 g/mol. The summed E-state index contributed by atoms with van der Waals surface area (Å²) in [6.45, 7) is 0.525. The molecule has 2 aromatic rings. The first-order chi connectivity index (χ1) is 9.20. The Balaban J connectivity index is 2.09. The number of hydrogen-bond acceptors (Lipinski definition) is 3. The summed E-state index contributed by atoms with van der Waals surface area (Å²) in [4.78, 5) is 11.6. The summed E-state index contributed by atoms with van der Waals surface area (Å²) in [7, 11) is 1.67. The van der Waals surface area contributed by atoms with Crippen molar-refractivity contribution in [2.24, 2.45) is 7.05 Å². The Morgan fingerprint density at radius 2 is 2.05 bits per heavy atom. The van der Waals surface area contributed by atoms with E-state index in [0.717, 1.165) is 11.1 Å². The maximum absolute atomic E-state index is 11.6. The molecule has 0 saturated carbocycles. The molecule has 2 rings (SSSR count). The minimum atomic E-state index is -0.133. The van der Waals surface area contributed by atoms with Gasteiger partial charge in [0.05, 0.1) is 13.2 Å². The van der Waals surface area contributed by atoms with Gasteiger partial charge in [-0.25, -0.2) is 9.48 Å². The molecular formula is C14H15N3O2. The van der Waals surface area contributed by atoms with Crippen molar-refractivity contribution in [3.8, 4) is 11.8 Å². The van der Waals surface area contributed by atoms with Crippen molar-refractivity contribution in [2.45, 2.75) is 13.0 Å². The topological polar surface area (TPSA) is 60.1 Å². The van der Waals surface area contributed by atoms with Gasteiger partial charge in [-0.3, -0.25) is 4.57 Å². The molecule has 1 heterocycles. The molecule has 0 unspecified atom stereocenters. The van der Waals surface area contributed by atoms with E-state index in [9.17, 15) is 4.79 Å². The highest BCUT2D eigenvalue weighted by Gasteiger charge is 2.02. The largest absolute Gasteiger partial charge is 0.395 e. The molecule has 0 saturated heterocycles. The summed E-state index contributed by atoms with van der Waals surface area (Å²) in [5.41, 5.74) is 1.76. The van der Waals surface area contributed by atoms with Crippen molar-refractivity contribution in [1.29, 1.82) is 0 Å². The van der Waals surface area contributed by atoms with Crippen LogP contribution in [-0.4, -0.2) is 26.1 Å². The first-order valence-corrected chi connectivity index (χ1v) is 5.98. The van der Waals surface area contributed by atoms with Crippen LogP contribution in [0.4, 0.5) is 0 Å². The van der Waals surface area contributed by atoms with Crippen molar-refractivity contribution in [3.05, 3.63) is 52.2 Å². The van der Waals surface area contributed by atoms with Gasteiger partial charge in [0.2, 0.25) is 0 Å². The minimum absolute atomic E-state index is 0.0771. The van der Waals surface area contributed by atoms with E-state index in [1.54, 1.807) is 7.05 Å². The highest BCUT2D eigenvalue weighted by molar-refractivity contribution is 5.36. The molecule has 0 atom stereocenters. The predicted octanol–water partition coefficient (Wildman–Crippen LogP) is 0.364. The molecule has 5 heteroatoms. The summed E-state index contributed by atoms with van der Waals surface area (Å²) in [5, 5.41) is 12.6. The first kappa shape index (κ1) is 13.1. The Kier molecular flexibility index (Phi) is 4.16. The third-order valence-corrected chi connectivity index (χ3v) is 2.64. The number of aliphatic hydroxyl groups excluding tert-OH is 1. The summed E-state index contributed by atoms with van der Waals surface area (Å²) in [6.07, 6.45) is 1.97. The van der Waals surface area contributed by atoms with Gasteiger partial charge in [-0.1, -0.05) is 24.0 Å². The molecule has 0 amide bonds. The maximum Gasteiger partial charge on any atom is 0.345 e.